The Balaban J connectivity index is 2.02. The summed E-state index contributed by atoms with van der Waals surface area (Å²) in [5.41, 5.74) is 0. The number of rotatable bonds is 10. The van der Waals surface area contributed by atoms with E-state index in [1.54, 1.807) is 7.05 Å². The lowest BCUT2D eigenvalue weighted by molar-refractivity contribution is 0.0776. The molecule has 5 heteroatoms. The fourth-order valence-electron chi connectivity index (χ4n) is 1.80. The molecule has 0 aliphatic carbocycles. The summed E-state index contributed by atoms with van der Waals surface area (Å²) in [6.07, 6.45) is 2.18. The van der Waals surface area contributed by atoms with Gasteiger partial charge in [0.15, 0.2) is 5.96 Å². The number of guanidine groups is 1. The molecule has 22 heavy (non-hydrogen) atoms. The molecule has 0 atom stereocenters. The van der Waals surface area contributed by atoms with E-state index < -0.39 is 0 Å². The van der Waals surface area contributed by atoms with Crippen LogP contribution in [-0.4, -0.2) is 45.4 Å². The summed E-state index contributed by atoms with van der Waals surface area (Å²) in [6, 6.07) is 9.86. The maximum atomic E-state index is 5.64. The summed E-state index contributed by atoms with van der Waals surface area (Å²) in [6.45, 7) is 7.24. The summed E-state index contributed by atoms with van der Waals surface area (Å²) >= 11 is 0. The molecule has 0 spiro atoms. The Morgan fingerprint density at radius 2 is 1.68 bits per heavy atom. The van der Waals surface area contributed by atoms with Crippen LogP contribution in [0.1, 0.15) is 26.7 Å². The van der Waals surface area contributed by atoms with E-state index in [2.05, 4.69) is 15.6 Å². The first-order valence-electron chi connectivity index (χ1n) is 7.96. The molecule has 0 aliphatic rings. The molecule has 0 amide bonds. The lowest BCUT2D eigenvalue weighted by atomic mass is 10.3. The maximum Gasteiger partial charge on any atom is 0.190 e. The Bertz CT molecular complexity index is 408. The molecule has 1 aromatic rings. The van der Waals surface area contributed by atoms with E-state index in [0.29, 0.717) is 12.7 Å². The second-order valence-electron chi connectivity index (χ2n) is 5.21. The first-order valence-corrected chi connectivity index (χ1v) is 7.96. The molecule has 0 aromatic heterocycles. The molecule has 0 saturated carbocycles. The van der Waals surface area contributed by atoms with Gasteiger partial charge in [0.05, 0.1) is 12.7 Å². The second-order valence-corrected chi connectivity index (χ2v) is 5.21. The molecule has 1 rings (SSSR count). The normalized spacial score (nSPS) is 11.5. The van der Waals surface area contributed by atoms with Gasteiger partial charge in [0.25, 0.3) is 0 Å². The molecule has 0 unspecified atom stereocenters. The van der Waals surface area contributed by atoms with Gasteiger partial charge < -0.3 is 20.1 Å². The molecule has 0 bridgehead atoms. The third kappa shape index (κ3) is 9.23. The van der Waals surface area contributed by atoms with Crippen LogP contribution in [0.25, 0.3) is 0 Å². The van der Waals surface area contributed by atoms with Crippen molar-refractivity contribution in [2.24, 2.45) is 4.99 Å². The molecule has 5 nitrogen and oxygen atoms in total. The third-order valence-electron chi connectivity index (χ3n) is 2.91. The maximum absolute atomic E-state index is 5.64. The number of benzene rings is 1. The Kier molecular flexibility index (Phi) is 9.87. The molecule has 1 aromatic carbocycles. The minimum Gasteiger partial charge on any atom is -0.494 e. The minimum absolute atomic E-state index is 0.294. The van der Waals surface area contributed by atoms with Gasteiger partial charge in [-0.3, -0.25) is 4.99 Å². The number of para-hydroxylation sites is 1. The van der Waals surface area contributed by atoms with Crippen LogP contribution in [0.2, 0.25) is 0 Å². The SMILES string of the molecule is CN=C(NCCCOc1ccccc1)NCCCOC(C)C. The predicted octanol–water partition coefficient (Wildman–Crippen LogP) is 2.44. The highest BCUT2D eigenvalue weighted by atomic mass is 16.5. The zero-order chi connectivity index (χ0) is 16.0. The van der Waals surface area contributed by atoms with Crippen molar-refractivity contribution in [2.75, 3.05) is 33.4 Å². The average Bonchev–Trinajstić information content (AvgIpc) is 2.53. The average molecular weight is 307 g/mol. The van der Waals surface area contributed by atoms with Crippen LogP contribution < -0.4 is 15.4 Å². The van der Waals surface area contributed by atoms with E-state index in [1.165, 1.54) is 0 Å². The van der Waals surface area contributed by atoms with Crippen LogP contribution >= 0.6 is 0 Å². The monoisotopic (exact) mass is 307 g/mol. The lowest BCUT2D eigenvalue weighted by Crippen LogP contribution is -2.38. The van der Waals surface area contributed by atoms with Crippen LogP contribution in [0, 0.1) is 0 Å². The smallest absolute Gasteiger partial charge is 0.190 e. The zero-order valence-corrected chi connectivity index (χ0v) is 14.0. The predicted molar refractivity (Wildman–Crippen MR) is 91.6 cm³/mol. The van der Waals surface area contributed by atoms with Gasteiger partial charge in [-0.1, -0.05) is 18.2 Å². The third-order valence-corrected chi connectivity index (χ3v) is 2.91. The molecule has 0 heterocycles. The Morgan fingerprint density at radius 1 is 1.05 bits per heavy atom. The molecule has 2 N–H and O–H groups in total. The number of nitrogens with zero attached hydrogens (tertiary/aromatic N) is 1. The quantitative estimate of drug-likeness (QED) is 0.396. The van der Waals surface area contributed by atoms with Crippen LogP contribution in [0.4, 0.5) is 0 Å². The fraction of sp³-hybridized carbons (Fsp3) is 0.588. The van der Waals surface area contributed by atoms with Gasteiger partial charge in [-0.25, -0.2) is 0 Å². The van der Waals surface area contributed by atoms with Gasteiger partial charge in [-0.2, -0.15) is 0 Å². The Labute approximate surface area is 134 Å². The summed E-state index contributed by atoms with van der Waals surface area (Å²) < 4.78 is 11.1. The van der Waals surface area contributed by atoms with Gasteiger partial charge in [-0.05, 0) is 38.8 Å². The standard InChI is InChI=1S/C17H29N3O2/c1-15(2)21-13-7-11-19-17(18-3)20-12-8-14-22-16-9-5-4-6-10-16/h4-6,9-10,15H,7-8,11-14H2,1-3H3,(H2,18,19,20). The number of hydrogen-bond donors (Lipinski definition) is 2. The summed E-state index contributed by atoms with van der Waals surface area (Å²) in [7, 11) is 1.78. The van der Waals surface area contributed by atoms with Crippen molar-refractivity contribution in [1.29, 1.82) is 0 Å². The molecule has 0 aliphatic heterocycles. The van der Waals surface area contributed by atoms with Crippen molar-refractivity contribution in [3.8, 4) is 5.75 Å². The van der Waals surface area contributed by atoms with E-state index in [1.807, 2.05) is 44.2 Å². The van der Waals surface area contributed by atoms with Crippen LogP contribution in [-0.2, 0) is 4.74 Å². The second kappa shape index (κ2) is 11.9. The van der Waals surface area contributed by atoms with E-state index in [0.717, 1.165) is 44.2 Å². The topological polar surface area (TPSA) is 54.9 Å². The van der Waals surface area contributed by atoms with E-state index in [9.17, 15) is 0 Å². The molecular weight excluding hydrogens is 278 g/mol. The highest BCUT2D eigenvalue weighted by Gasteiger charge is 1.98. The molecule has 0 saturated heterocycles. The van der Waals surface area contributed by atoms with Crippen LogP contribution in [0.3, 0.4) is 0 Å². The van der Waals surface area contributed by atoms with Crippen LogP contribution in [0.15, 0.2) is 35.3 Å². The number of ether oxygens (including phenoxy) is 2. The first-order chi connectivity index (χ1) is 10.7. The molecule has 0 radical (unpaired) electrons. The fourth-order valence-corrected chi connectivity index (χ4v) is 1.80. The largest absolute Gasteiger partial charge is 0.494 e. The van der Waals surface area contributed by atoms with Crippen molar-refractivity contribution in [2.45, 2.75) is 32.8 Å². The van der Waals surface area contributed by atoms with Gasteiger partial charge in [0.1, 0.15) is 5.75 Å². The van der Waals surface area contributed by atoms with Crippen LogP contribution in [0.5, 0.6) is 5.75 Å². The minimum atomic E-state index is 0.294. The zero-order valence-electron chi connectivity index (χ0n) is 14.0. The number of aliphatic imine (C=N–C) groups is 1. The molecule has 124 valence electrons. The summed E-state index contributed by atoms with van der Waals surface area (Å²) in [5, 5.41) is 6.54. The van der Waals surface area contributed by atoms with E-state index >= 15 is 0 Å². The Hall–Kier alpha value is -1.75. The van der Waals surface area contributed by atoms with Crippen molar-refractivity contribution in [3.63, 3.8) is 0 Å². The highest BCUT2D eigenvalue weighted by molar-refractivity contribution is 5.79. The molecular formula is C17H29N3O2. The highest BCUT2D eigenvalue weighted by Crippen LogP contribution is 2.07. The van der Waals surface area contributed by atoms with Crippen molar-refractivity contribution >= 4 is 5.96 Å². The first kappa shape index (κ1) is 18.3. The van der Waals surface area contributed by atoms with Crippen molar-refractivity contribution < 1.29 is 9.47 Å². The number of hydrogen-bond acceptors (Lipinski definition) is 3. The summed E-state index contributed by atoms with van der Waals surface area (Å²) in [5.74, 6) is 1.74. The van der Waals surface area contributed by atoms with Gasteiger partial charge in [0, 0.05) is 26.7 Å². The molecule has 0 fully saturated rings. The van der Waals surface area contributed by atoms with Gasteiger partial charge >= 0.3 is 0 Å². The lowest BCUT2D eigenvalue weighted by Gasteiger charge is -2.13. The van der Waals surface area contributed by atoms with E-state index in [-0.39, 0.29) is 0 Å². The van der Waals surface area contributed by atoms with Crippen molar-refractivity contribution in [3.05, 3.63) is 30.3 Å². The van der Waals surface area contributed by atoms with Gasteiger partial charge in [-0.15, -0.1) is 0 Å². The number of nitrogens with one attached hydrogen (secondary N) is 2. The van der Waals surface area contributed by atoms with Crippen molar-refractivity contribution in [1.82, 2.24) is 10.6 Å². The van der Waals surface area contributed by atoms with Gasteiger partial charge in [0.2, 0.25) is 0 Å². The summed E-state index contributed by atoms with van der Waals surface area (Å²) in [4.78, 5) is 4.19. The van der Waals surface area contributed by atoms with E-state index in [4.69, 9.17) is 9.47 Å². The Morgan fingerprint density at radius 3 is 2.27 bits per heavy atom.